The fourth-order valence-corrected chi connectivity index (χ4v) is 5.43. The van der Waals surface area contributed by atoms with E-state index in [9.17, 15) is 32.8 Å². The summed E-state index contributed by atoms with van der Waals surface area (Å²) in [6, 6.07) is 0. The van der Waals surface area contributed by atoms with Crippen molar-refractivity contribution < 1.29 is 32.8 Å². The van der Waals surface area contributed by atoms with E-state index >= 15 is 0 Å². The van der Waals surface area contributed by atoms with Gasteiger partial charge in [-0.3, -0.25) is 14.1 Å². The molecule has 0 amide bonds. The van der Waals surface area contributed by atoms with Crippen LogP contribution in [0.2, 0.25) is 0 Å². The Balaban J connectivity index is 5.76. The van der Waals surface area contributed by atoms with Crippen molar-refractivity contribution in [3.63, 3.8) is 0 Å². The maximum Gasteiger partial charge on any atom is 0.328 e. The molecule has 3 N–H and O–H groups in total. The molecule has 178 valence electrons. The molecule has 0 aliphatic rings. The van der Waals surface area contributed by atoms with E-state index in [1.54, 1.807) is 13.8 Å². The predicted octanol–water partition coefficient (Wildman–Crippen LogP) is 5.10. The Labute approximate surface area is 182 Å². The molecule has 4 atom stereocenters. The van der Waals surface area contributed by atoms with Crippen LogP contribution in [0.1, 0.15) is 92.9 Å². The Hall–Kier alpha value is -1.15. The highest BCUT2D eigenvalue weighted by Gasteiger charge is 2.59. The lowest BCUT2D eigenvalue weighted by Crippen LogP contribution is -2.56. The maximum absolute atomic E-state index is 12.4. The third-order valence-electron chi connectivity index (χ3n) is 5.93. The molecule has 0 aromatic heterocycles. The van der Waals surface area contributed by atoms with Gasteiger partial charge in [0.15, 0.2) is 0 Å². The summed E-state index contributed by atoms with van der Waals surface area (Å²) in [4.78, 5) is 24.3. The molecule has 4 unspecified atom stereocenters. The van der Waals surface area contributed by atoms with Crippen molar-refractivity contribution in [1.29, 1.82) is 0 Å². The fourth-order valence-electron chi connectivity index (χ4n) is 4.15. The van der Waals surface area contributed by atoms with Gasteiger partial charge in [0, 0.05) is 0 Å². The van der Waals surface area contributed by atoms with Crippen LogP contribution < -0.4 is 0 Å². The van der Waals surface area contributed by atoms with Gasteiger partial charge in [-0.15, -0.1) is 0 Å². The second-order valence-corrected chi connectivity index (χ2v) is 11.5. The summed E-state index contributed by atoms with van der Waals surface area (Å²) in [5, 5.41) is 19.7. The average Bonchev–Trinajstić information content (AvgIpc) is 2.55. The molecule has 0 radical (unpaired) electrons. The van der Waals surface area contributed by atoms with Gasteiger partial charge in [-0.2, -0.15) is 8.42 Å². The Bertz CT molecular complexity index is 642. The monoisotopic (exact) mass is 450 g/mol. The molecule has 0 bridgehead atoms. The van der Waals surface area contributed by atoms with Crippen LogP contribution in [-0.2, 0) is 19.7 Å². The summed E-state index contributed by atoms with van der Waals surface area (Å²) in [5.41, 5.74) is 0. The molecule has 7 nitrogen and oxygen atoms in total. The standard InChI is InChI=1S/C22H42O7S/c1-15(2)9-7-11-17(5)13-19(20(23)24)22(21(25)26,30(27,28)29)14-18(6)12-8-10-16(3)4/h15-19H,7-14H2,1-6H3,(H,23,24)(H,25,26)(H,27,28,29). The van der Waals surface area contributed by atoms with Crippen LogP contribution in [0.4, 0.5) is 0 Å². The number of carbonyl (C=O) groups is 2. The zero-order valence-corrected chi connectivity index (χ0v) is 20.2. The molecule has 0 saturated carbocycles. The first-order valence-corrected chi connectivity index (χ1v) is 12.5. The molecule has 0 aliphatic heterocycles. The zero-order valence-electron chi connectivity index (χ0n) is 19.4. The van der Waals surface area contributed by atoms with Crippen LogP contribution in [0.5, 0.6) is 0 Å². The highest BCUT2D eigenvalue weighted by Crippen LogP contribution is 2.39. The maximum atomic E-state index is 12.4. The molecule has 0 aromatic rings. The molecule has 0 fully saturated rings. The van der Waals surface area contributed by atoms with Gasteiger partial charge in [-0.1, -0.05) is 80.1 Å². The SMILES string of the molecule is CC(C)CCCC(C)CC(C(=O)O)C(CC(C)CCCC(C)C)(C(=O)O)S(=O)(=O)O. The number of carboxylic acids is 2. The van der Waals surface area contributed by atoms with Crippen molar-refractivity contribution in [3.8, 4) is 0 Å². The van der Waals surface area contributed by atoms with Crippen LogP contribution in [0.15, 0.2) is 0 Å². The molecule has 0 heterocycles. The van der Waals surface area contributed by atoms with Gasteiger partial charge in [0.2, 0.25) is 4.75 Å². The van der Waals surface area contributed by atoms with Gasteiger partial charge in [0.1, 0.15) is 0 Å². The van der Waals surface area contributed by atoms with E-state index in [1.165, 1.54) is 0 Å². The number of rotatable bonds is 16. The van der Waals surface area contributed by atoms with E-state index in [4.69, 9.17) is 0 Å². The lowest BCUT2D eigenvalue weighted by molar-refractivity contribution is -0.153. The van der Waals surface area contributed by atoms with Crippen molar-refractivity contribution >= 4 is 22.1 Å². The largest absolute Gasteiger partial charge is 0.481 e. The average molecular weight is 451 g/mol. The Morgan fingerprint density at radius 3 is 1.57 bits per heavy atom. The van der Waals surface area contributed by atoms with Crippen LogP contribution in [0.25, 0.3) is 0 Å². The second-order valence-electron chi connectivity index (χ2n) is 9.86. The minimum Gasteiger partial charge on any atom is -0.481 e. The van der Waals surface area contributed by atoms with Gasteiger partial charge in [0.05, 0.1) is 5.92 Å². The van der Waals surface area contributed by atoms with E-state index in [0.717, 1.165) is 25.7 Å². The molecular formula is C22H42O7S. The molecule has 0 spiro atoms. The summed E-state index contributed by atoms with van der Waals surface area (Å²) in [6.07, 6.45) is 4.20. The second kappa shape index (κ2) is 12.6. The van der Waals surface area contributed by atoms with E-state index in [0.29, 0.717) is 24.7 Å². The third kappa shape index (κ3) is 8.92. The highest BCUT2D eigenvalue weighted by molar-refractivity contribution is 7.88. The molecule has 0 saturated heterocycles. The summed E-state index contributed by atoms with van der Waals surface area (Å²) in [5.74, 6) is -4.59. The molecule has 0 aliphatic carbocycles. The van der Waals surface area contributed by atoms with Gasteiger partial charge >= 0.3 is 11.9 Å². The van der Waals surface area contributed by atoms with Crippen LogP contribution in [-0.4, -0.2) is 39.9 Å². The Morgan fingerprint density at radius 1 is 0.800 bits per heavy atom. The molecular weight excluding hydrogens is 408 g/mol. The van der Waals surface area contributed by atoms with Crippen molar-refractivity contribution in [2.45, 2.75) is 97.7 Å². The van der Waals surface area contributed by atoms with E-state index in [2.05, 4.69) is 27.7 Å². The molecule has 30 heavy (non-hydrogen) atoms. The van der Waals surface area contributed by atoms with Crippen LogP contribution in [0, 0.1) is 29.6 Å². The topological polar surface area (TPSA) is 129 Å². The minimum atomic E-state index is -5.17. The van der Waals surface area contributed by atoms with Gasteiger partial charge in [-0.05, 0) is 36.5 Å². The van der Waals surface area contributed by atoms with Crippen molar-refractivity contribution in [2.75, 3.05) is 0 Å². The first-order valence-electron chi connectivity index (χ1n) is 11.1. The van der Waals surface area contributed by atoms with Gasteiger partial charge in [-0.25, -0.2) is 0 Å². The molecule has 0 rings (SSSR count). The minimum absolute atomic E-state index is 0.113. The summed E-state index contributed by atoms with van der Waals surface area (Å²) >= 11 is 0. The summed E-state index contributed by atoms with van der Waals surface area (Å²) in [7, 11) is -5.17. The first-order chi connectivity index (χ1) is 13.6. The Kier molecular flexibility index (Phi) is 12.2. The predicted molar refractivity (Wildman–Crippen MR) is 118 cm³/mol. The van der Waals surface area contributed by atoms with Gasteiger partial charge in [0.25, 0.3) is 10.1 Å². The Morgan fingerprint density at radius 2 is 1.23 bits per heavy atom. The smallest absolute Gasteiger partial charge is 0.328 e. The van der Waals surface area contributed by atoms with Crippen molar-refractivity contribution in [2.24, 2.45) is 29.6 Å². The molecule has 0 aromatic carbocycles. The summed E-state index contributed by atoms with van der Waals surface area (Å²) < 4.78 is 31.9. The van der Waals surface area contributed by atoms with Gasteiger partial charge < -0.3 is 10.2 Å². The fraction of sp³-hybridized carbons (Fsp3) is 0.909. The van der Waals surface area contributed by atoms with E-state index in [1.807, 2.05) is 0 Å². The summed E-state index contributed by atoms with van der Waals surface area (Å²) in [6.45, 7) is 11.8. The van der Waals surface area contributed by atoms with E-state index < -0.39 is 39.1 Å². The lowest BCUT2D eigenvalue weighted by atomic mass is 9.77. The van der Waals surface area contributed by atoms with Crippen molar-refractivity contribution in [1.82, 2.24) is 0 Å². The van der Waals surface area contributed by atoms with Crippen molar-refractivity contribution in [3.05, 3.63) is 0 Å². The number of aliphatic carboxylic acids is 2. The lowest BCUT2D eigenvalue weighted by Gasteiger charge is -2.35. The molecule has 8 heteroatoms. The number of carboxylic acid groups (broad SMARTS) is 2. The van der Waals surface area contributed by atoms with E-state index in [-0.39, 0.29) is 18.3 Å². The number of hydrogen-bond acceptors (Lipinski definition) is 4. The van der Waals surface area contributed by atoms with Crippen LogP contribution in [0.3, 0.4) is 0 Å². The highest BCUT2D eigenvalue weighted by atomic mass is 32.2. The quantitative estimate of drug-likeness (QED) is 0.279. The third-order valence-corrected chi connectivity index (χ3v) is 7.48. The normalized spacial score (nSPS) is 17.5. The number of hydrogen-bond donors (Lipinski definition) is 3. The van der Waals surface area contributed by atoms with Crippen LogP contribution >= 0.6 is 0 Å². The zero-order chi connectivity index (χ0) is 23.7. The first kappa shape index (κ1) is 28.9.